The van der Waals surface area contributed by atoms with E-state index in [2.05, 4.69) is 231 Å². The summed E-state index contributed by atoms with van der Waals surface area (Å²) in [6, 6.07) is 78.1. The van der Waals surface area contributed by atoms with Gasteiger partial charge in [-0.25, -0.2) is 0 Å². The van der Waals surface area contributed by atoms with E-state index in [0.29, 0.717) is 0 Å². The van der Waals surface area contributed by atoms with Crippen LogP contribution in [0.5, 0.6) is 0 Å². The molecule has 0 N–H and O–H groups in total. The molecule has 0 atom stereocenters. The van der Waals surface area contributed by atoms with Crippen molar-refractivity contribution in [2.45, 2.75) is 19.3 Å². The van der Waals surface area contributed by atoms with Gasteiger partial charge in [0, 0.05) is 32.1 Å². The van der Waals surface area contributed by atoms with Gasteiger partial charge in [0.1, 0.15) is 0 Å². The molecule has 1 aromatic heterocycles. The Morgan fingerprint density at radius 2 is 0.932 bits per heavy atom. The number of rotatable bonds is 7. The van der Waals surface area contributed by atoms with Crippen molar-refractivity contribution < 1.29 is 0 Å². The molecule has 0 saturated carbocycles. The Hall–Kier alpha value is -7.00. The zero-order valence-electron chi connectivity index (χ0n) is 33.1. The van der Waals surface area contributed by atoms with Crippen LogP contribution in [0.25, 0.3) is 75.8 Å². The maximum atomic E-state index is 2.51. The minimum Gasteiger partial charge on any atom is -0.308 e. The third-order valence-corrected chi connectivity index (χ3v) is 13.5. The van der Waals surface area contributed by atoms with E-state index >= 15 is 0 Å². The van der Waals surface area contributed by atoms with E-state index in [1.165, 1.54) is 86.9 Å². The second-order valence-corrected chi connectivity index (χ2v) is 17.1. The molecule has 59 heavy (non-hydrogen) atoms. The van der Waals surface area contributed by atoms with Gasteiger partial charge in [-0.2, -0.15) is 0 Å². The Morgan fingerprint density at radius 3 is 1.71 bits per heavy atom. The molecular weight excluding hydrogens is 731 g/mol. The van der Waals surface area contributed by atoms with E-state index in [1.807, 2.05) is 11.3 Å². The monoisotopic (exact) mass is 771 g/mol. The van der Waals surface area contributed by atoms with Gasteiger partial charge in [0.05, 0.1) is 16.1 Å². The third kappa shape index (κ3) is 5.82. The first-order chi connectivity index (χ1) is 29.0. The summed E-state index contributed by atoms with van der Waals surface area (Å²) in [5.41, 5.74) is 18.4. The zero-order chi connectivity index (χ0) is 39.5. The summed E-state index contributed by atoms with van der Waals surface area (Å²) >= 11 is 1.87. The first-order valence-electron chi connectivity index (χ1n) is 20.4. The molecule has 0 aliphatic heterocycles. The van der Waals surface area contributed by atoms with Gasteiger partial charge in [0.2, 0.25) is 0 Å². The first kappa shape index (κ1) is 35.2. The Labute approximate surface area is 350 Å². The number of hydrogen-bond acceptors (Lipinski definition) is 2. The van der Waals surface area contributed by atoms with Crippen molar-refractivity contribution in [2.24, 2.45) is 0 Å². The molecule has 10 aromatic rings. The van der Waals surface area contributed by atoms with Gasteiger partial charge >= 0.3 is 0 Å². The highest BCUT2D eigenvalue weighted by Crippen LogP contribution is 2.52. The molecule has 0 bridgehead atoms. The molecule has 0 amide bonds. The number of anilines is 3. The van der Waals surface area contributed by atoms with Crippen LogP contribution in [0.2, 0.25) is 0 Å². The van der Waals surface area contributed by atoms with Gasteiger partial charge < -0.3 is 4.90 Å². The van der Waals surface area contributed by atoms with E-state index in [0.717, 1.165) is 17.1 Å². The maximum Gasteiger partial charge on any atom is 0.0640 e. The molecule has 280 valence electrons. The fraction of sp³-hybridized carbons (Fsp3) is 0.0526. The van der Waals surface area contributed by atoms with Crippen molar-refractivity contribution in [2.75, 3.05) is 4.90 Å². The lowest BCUT2D eigenvalue weighted by Gasteiger charge is -2.30. The molecular formula is C57H41NS. The smallest absolute Gasteiger partial charge is 0.0640 e. The molecule has 2 heteroatoms. The topological polar surface area (TPSA) is 3.24 Å². The van der Waals surface area contributed by atoms with Crippen LogP contribution in [0, 0.1) is 0 Å². The van der Waals surface area contributed by atoms with E-state index in [9.17, 15) is 0 Å². The molecule has 1 nitrogen and oxygen atoms in total. The van der Waals surface area contributed by atoms with Crippen LogP contribution in [0.4, 0.5) is 17.1 Å². The zero-order valence-corrected chi connectivity index (χ0v) is 33.9. The highest BCUT2D eigenvalue weighted by Gasteiger charge is 2.35. The van der Waals surface area contributed by atoms with Crippen molar-refractivity contribution in [3.05, 3.63) is 223 Å². The highest BCUT2D eigenvalue weighted by atomic mass is 32.1. The lowest BCUT2D eigenvalue weighted by atomic mass is 9.82. The molecule has 0 unspecified atom stereocenters. The SMILES string of the molecule is CC1(C)c2ccccc2-c2cc(-c3ccc(N(c4cccc(-c5ccccc5)c4-c4ccccc4-c4ccccc4)c4cccc5c4sc4ccccc45)cc3)ccc21. The van der Waals surface area contributed by atoms with Gasteiger partial charge in [0.15, 0.2) is 0 Å². The van der Waals surface area contributed by atoms with Gasteiger partial charge in [-0.1, -0.05) is 190 Å². The number of thiophene rings is 1. The predicted molar refractivity (Wildman–Crippen MR) is 253 cm³/mol. The minimum atomic E-state index is -0.0203. The van der Waals surface area contributed by atoms with Crippen molar-refractivity contribution in [1.29, 1.82) is 0 Å². The lowest BCUT2D eigenvalue weighted by Crippen LogP contribution is -2.14. The number of fused-ring (bicyclic) bond motifs is 6. The van der Waals surface area contributed by atoms with Crippen molar-refractivity contribution in [1.82, 2.24) is 0 Å². The van der Waals surface area contributed by atoms with Crippen molar-refractivity contribution in [3.8, 4) is 55.6 Å². The summed E-state index contributed by atoms with van der Waals surface area (Å²) in [6.07, 6.45) is 0. The average molecular weight is 772 g/mol. The molecule has 0 saturated heterocycles. The largest absolute Gasteiger partial charge is 0.308 e. The van der Waals surface area contributed by atoms with Crippen molar-refractivity contribution in [3.63, 3.8) is 0 Å². The summed E-state index contributed by atoms with van der Waals surface area (Å²) in [4.78, 5) is 2.51. The van der Waals surface area contributed by atoms with Crippen LogP contribution >= 0.6 is 11.3 Å². The highest BCUT2D eigenvalue weighted by molar-refractivity contribution is 7.26. The standard InChI is InChI=1S/C57H41NS/c1-57(2)50-27-13-11-22-45(50)49-37-41(33-36-51(49)57)38-31-34-42(35-32-38)58(53-29-16-26-48-46-23-12-14-30-54(46)59-56(48)53)52-28-15-25-44(40-19-7-4-8-20-40)55(52)47-24-10-9-21-43(47)39-17-5-3-6-18-39/h3-37H,1-2H3. The van der Waals surface area contributed by atoms with Crippen LogP contribution in [0.15, 0.2) is 212 Å². The molecule has 0 radical (unpaired) electrons. The van der Waals surface area contributed by atoms with Crippen molar-refractivity contribution >= 4 is 48.6 Å². The van der Waals surface area contributed by atoms with E-state index in [1.54, 1.807) is 0 Å². The molecule has 9 aromatic carbocycles. The van der Waals surface area contributed by atoms with Crippen LogP contribution in [0.1, 0.15) is 25.0 Å². The van der Waals surface area contributed by atoms with Gasteiger partial charge in [0.25, 0.3) is 0 Å². The van der Waals surface area contributed by atoms with Crippen LogP contribution in [0.3, 0.4) is 0 Å². The van der Waals surface area contributed by atoms with Gasteiger partial charge in [-0.05, 0) is 97.6 Å². The summed E-state index contributed by atoms with van der Waals surface area (Å²) in [5, 5.41) is 2.57. The minimum absolute atomic E-state index is 0.0203. The van der Waals surface area contributed by atoms with Gasteiger partial charge in [-0.15, -0.1) is 11.3 Å². The number of nitrogens with zero attached hydrogens (tertiary/aromatic N) is 1. The predicted octanol–water partition coefficient (Wildman–Crippen LogP) is 16.5. The van der Waals surface area contributed by atoms with Crippen LogP contribution in [-0.2, 0) is 5.41 Å². The Bertz CT molecular complexity index is 3170. The van der Waals surface area contributed by atoms with Crippen LogP contribution < -0.4 is 4.90 Å². The fourth-order valence-electron chi connectivity index (χ4n) is 9.46. The second kappa shape index (κ2) is 14.1. The van der Waals surface area contributed by atoms with E-state index in [4.69, 9.17) is 0 Å². The Morgan fingerprint density at radius 1 is 0.373 bits per heavy atom. The molecule has 1 aliphatic rings. The Kier molecular flexibility index (Phi) is 8.43. The van der Waals surface area contributed by atoms with Gasteiger partial charge in [-0.3, -0.25) is 0 Å². The molecule has 1 aliphatic carbocycles. The Balaban J connectivity index is 1.15. The molecule has 0 fully saturated rings. The summed E-state index contributed by atoms with van der Waals surface area (Å²) in [6.45, 7) is 4.69. The van der Waals surface area contributed by atoms with Crippen LogP contribution in [-0.4, -0.2) is 0 Å². The molecule has 1 heterocycles. The molecule has 11 rings (SSSR count). The first-order valence-corrected chi connectivity index (χ1v) is 21.2. The summed E-state index contributed by atoms with van der Waals surface area (Å²) in [7, 11) is 0. The quantitative estimate of drug-likeness (QED) is 0.156. The maximum absolute atomic E-state index is 2.51. The second-order valence-electron chi connectivity index (χ2n) is 16.0. The third-order valence-electron chi connectivity index (χ3n) is 12.3. The lowest BCUT2D eigenvalue weighted by molar-refractivity contribution is 0.660. The average Bonchev–Trinajstić information content (AvgIpc) is 3.79. The fourth-order valence-corrected chi connectivity index (χ4v) is 10.7. The summed E-state index contributed by atoms with van der Waals surface area (Å²) in [5.74, 6) is 0. The summed E-state index contributed by atoms with van der Waals surface area (Å²) < 4.78 is 2.56. The normalized spacial score (nSPS) is 12.7. The van der Waals surface area contributed by atoms with E-state index < -0.39 is 0 Å². The number of hydrogen-bond donors (Lipinski definition) is 0. The van der Waals surface area contributed by atoms with E-state index in [-0.39, 0.29) is 5.41 Å². The molecule has 0 spiro atoms. The number of benzene rings is 9.